The minimum Gasteiger partial charge on any atom is -0.462 e. The number of carbonyl (C=O) groups is 1. The molecule has 0 saturated heterocycles. The van der Waals surface area contributed by atoms with Gasteiger partial charge in [-0.3, -0.25) is 0 Å². The molecule has 5 nitrogen and oxygen atoms in total. The minimum absolute atomic E-state index is 0.0255. The normalized spacial score (nSPS) is 11.7. The summed E-state index contributed by atoms with van der Waals surface area (Å²) in [6.07, 6.45) is 1.53. The van der Waals surface area contributed by atoms with Crippen LogP contribution < -0.4 is 0 Å². The zero-order valence-electron chi connectivity index (χ0n) is 10.8. The van der Waals surface area contributed by atoms with Gasteiger partial charge in [-0.25, -0.2) is 13.2 Å². The summed E-state index contributed by atoms with van der Waals surface area (Å²) in [6.45, 7) is 3.58. The van der Waals surface area contributed by atoms with E-state index in [1.807, 2.05) is 0 Å². The number of aromatic amines is 1. The maximum absolute atomic E-state index is 11.8. The van der Waals surface area contributed by atoms with Gasteiger partial charge in [0.1, 0.15) is 0 Å². The summed E-state index contributed by atoms with van der Waals surface area (Å²) in [5.41, 5.74) is 1.06. The molecule has 0 amide bonds. The molecule has 0 aliphatic carbocycles. The summed E-state index contributed by atoms with van der Waals surface area (Å²) in [7, 11) is -3.29. The standard InChI is InChI=1S/C13H15NO4S/c1-3-18-13(15)11-8-14-12-6-5-9(7-10(11)12)19(16,17)4-2/h5-8,14H,3-4H2,1-2H3. The molecule has 2 aromatic rings. The van der Waals surface area contributed by atoms with Gasteiger partial charge in [0.15, 0.2) is 9.84 Å². The zero-order valence-corrected chi connectivity index (χ0v) is 11.6. The quantitative estimate of drug-likeness (QED) is 0.871. The lowest BCUT2D eigenvalue weighted by Gasteiger charge is -2.03. The van der Waals surface area contributed by atoms with Crippen molar-refractivity contribution in [3.05, 3.63) is 30.0 Å². The molecule has 0 unspecified atom stereocenters. The van der Waals surface area contributed by atoms with Gasteiger partial charge in [0.25, 0.3) is 0 Å². The first kappa shape index (κ1) is 13.6. The van der Waals surface area contributed by atoms with Crippen LogP contribution >= 0.6 is 0 Å². The lowest BCUT2D eigenvalue weighted by molar-refractivity contribution is 0.0528. The first-order chi connectivity index (χ1) is 8.99. The fourth-order valence-corrected chi connectivity index (χ4v) is 2.74. The molecule has 2 rings (SSSR count). The van der Waals surface area contributed by atoms with Gasteiger partial charge in [0.05, 0.1) is 22.8 Å². The van der Waals surface area contributed by atoms with Gasteiger partial charge in [0, 0.05) is 17.1 Å². The number of benzene rings is 1. The fourth-order valence-electron chi connectivity index (χ4n) is 1.84. The van der Waals surface area contributed by atoms with E-state index in [1.165, 1.54) is 18.3 Å². The summed E-state index contributed by atoms with van der Waals surface area (Å²) in [5.74, 6) is -0.433. The number of H-pyrrole nitrogens is 1. The molecular weight excluding hydrogens is 266 g/mol. The molecular formula is C13H15NO4S. The summed E-state index contributed by atoms with van der Waals surface area (Å²) < 4.78 is 28.6. The maximum Gasteiger partial charge on any atom is 0.340 e. The SMILES string of the molecule is CCOC(=O)c1c[nH]c2ccc(S(=O)(=O)CC)cc12. The van der Waals surface area contributed by atoms with Gasteiger partial charge in [-0.2, -0.15) is 0 Å². The largest absolute Gasteiger partial charge is 0.462 e. The van der Waals surface area contributed by atoms with E-state index in [2.05, 4.69) is 4.98 Å². The highest BCUT2D eigenvalue weighted by atomic mass is 32.2. The molecule has 0 bridgehead atoms. The third-order valence-electron chi connectivity index (χ3n) is 2.89. The molecule has 0 spiro atoms. The number of nitrogens with one attached hydrogen (secondary N) is 1. The molecule has 0 radical (unpaired) electrons. The van der Waals surface area contributed by atoms with E-state index in [9.17, 15) is 13.2 Å². The Labute approximate surface area is 111 Å². The van der Waals surface area contributed by atoms with Gasteiger partial charge in [0.2, 0.25) is 0 Å². The van der Waals surface area contributed by atoms with Gasteiger partial charge in [-0.15, -0.1) is 0 Å². The van der Waals surface area contributed by atoms with Crippen molar-refractivity contribution in [2.45, 2.75) is 18.7 Å². The second-order valence-corrected chi connectivity index (χ2v) is 6.31. The fraction of sp³-hybridized carbons (Fsp3) is 0.308. The summed E-state index contributed by atoms with van der Waals surface area (Å²) in [4.78, 5) is 14.9. The molecule has 1 aromatic heterocycles. The number of aromatic nitrogens is 1. The zero-order chi connectivity index (χ0) is 14.0. The van der Waals surface area contributed by atoms with Crippen molar-refractivity contribution < 1.29 is 17.9 Å². The van der Waals surface area contributed by atoms with Crippen molar-refractivity contribution in [1.82, 2.24) is 4.98 Å². The minimum atomic E-state index is -3.29. The Kier molecular flexibility index (Phi) is 3.61. The van der Waals surface area contributed by atoms with E-state index in [-0.39, 0.29) is 17.3 Å². The summed E-state index contributed by atoms with van der Waals surface area (Å²) in [6, 6.07) is 4.70. The number of hydrogen-bond acceptors (Lipinski definition) is 4. The van der Waals surface area contributed by atoms with Crippen LogP contribution in [0.3, 0.4) is 0 Å². The van der Waals surface area contributed by atoms with Gasteiger partial charge in [-0.1, -0.05) is 6.92 Å². The first-order valence-electron chi connectivity index (χ1n) is 6.00. The lowest BCUT2D eigenvalue weighted by Crippen LogP contribution is -2.05. The van der Waals surface area contributed by atoms with Crippen LogP contribution in [0.2, 0.25) is 0 Å². The molecule has 1 N–H and O–H groups in total. The Morgan fingerprint density at radius 3 is 2.68 bits per heavy atom. The molecule has 0 atom stereocenters. The molecule has 0 aliphatic heterocycles. The number of esters is 1. The molecule has 1 heterocycles. The lowest BCUT2D eigenvalue weighted by atomic mass is 10.2. The van der Waals surface area contributed by atoms with Crippen LogP contribution in [-0.4, -0.2) is 31.7 Å². The number of ether oxygens (including phenoxy) is 1. The smallest absolute Gasteiger partial charge is 0.340 e. The number of carbonyl (C=O) groups excluding carboxylic acids is 1. The third-order valence-corrected chi connectivity index (χ3v) is 4.62. The van der Waals surface area contributed by atoms with Crippen molar-refractivity contribution in [3.8, 4) is 0 Å². The van der Waals surface area contributed by atoms with Gasteiger partial charge < -0.3 is 9.72 Å². The van der Waals surface area contributed by atoms with Crippen molar-refractivity contribution in [2.75, 3.05) is 12.4 Å². The molecule has 0 saturated carbocycles. The number of sulfone groups is 1. The summed E-state index contributed by atoms with van der Waals surface area (Å²) in [5, 5.41) is 0.563. The van der Waals surface area contributed by atoms with E-state index in [1.54, 1.807) is 19.9 Å². The Bertz CT molecular complexity index is 715. The average Bonchev–Trinajstić information content (AvgIpc) is 2.81. The van der Waals surface area contributed by atoms with Crippen molar-refractivity contribution in [1.29, 1.82) is 0 Å². The van der Waals surface area contributed by atoms with Crippen molar-refractivity contribution >= 4 is 26.7 Å². The second kappa shape index (κ2) is 5.05. The van der Waals surface area contributed by atoms with Crippen LogP contribution in [-0.2, 0) is 14.6 Å². The van der Waals surface area contributed by atoms with Crippen LogP contribution in [0.5, 0.6) is 0 Å². The predicted octanol–water partition coefficient (Wildman–Crippen LogP) is 2.14. The molecule has 1 aromatic carbocycles. The topological polar surface area (TPSA) is 76.2 Å². The van der Waals surface area contributed by atoms with Crippen LogP contribution in [0.4, 0.5) is 0 Å². The third kappa shape index (κ3) is 2.49. The van der Waals surface area contributed by atoms with Crippen LogP contribution in [0, 0.1) is 0 Å². The highest BCUT2D eigenvalue weighted by molar-refractivity contribution is 7.91. The molecule has 102 valence electrons. The highest BCUT2D eigenvalue weighted by Crippen LogP contribution is 2.23. The van der Waals surface area contributed by atoms with Crippen LogP contribution in [0.1, 0.15) is 24.2 Å². The number of hydrogen-bond donors (Lipinski definition) is 1. The van der Waals surface area contributed by atoms with E-state index in [0.717, 1.165) is 0 Å². The molecule has 19 heavy (non-hydrogen) atoms. The Morgan fingerprint density at radius 1 is 1.32 bits per heavy atom. The van der Waals surface area contributed by atoms with E-state index >= 15 is 0 Å². The van der Waals surface area contributed by atoms with Crippen molar-refractivity contribution in [2.24, 2.45) is 0 Å². The van der Waals surface area contributed by atoms with Crippen LogP contribution in [0.25, 0.3) is 10.9 Å². The monoisotopic (exact) mass is 281 g/mol. The Hall–Kier alpha value is -1.82. The maximum atomic E-state index is 11.8. The van der Waals surface area contributed by atoms with Gasteiger partial charge in [-0.05, 0) is 25.1 Å². The molecule has 6 heteroatoms. The van der Waals surface area contributed by atoms with E-state index < -0.39 is 15.8 Å². The van der Waals surface area contributed by atoms with E-state index in [4.69, 9.17) is 4.74 Å². The number of rotatable bonds is 4. The highest BCUT2D eigenvalue weighted by Gasteiger charge is 2.17. The number of fused-ring (bicyclic) bond motifs is 1. The van der Waals surface area contributed by atoms with Crippen LogP contribution in [0.15, 0.2) is 29.3 Å². The van der Waals surface area contributed by atoms with E-state index in [0.29, 0.717) is 16.5 Å². The predicted molar refractivity (Wildman–Crippen MR) is 72.0 cm³/mol. The van der Waals surface area contributed by atoms with Gasteiger partial charge >= 0.3 is 5.97 Å². The average molecular weight is 281 g/mol. The van der Waals surface area contributed by atoms with Crippen molar-refractivity contribution in [3.63, 3.8) is 0 Å². The first-order valence-corrected chi connectivity index (χ1v) is 7.65. The summed E-state index contributed by atoms with van der Waals surface area (Å²) >= 11 is 0. The molecule has 0 aliphatic rings. The Balaban J connectivity index is 2.58. The molecule has 0 fully saturated rings. The Morgan fingerprint density at radius 2 is 2.05 bits per heavy atom. The second-order valence-electron chi connectivity index (χ2n) is 4.03.